The molecule has 0 amide bonds. The minimum Gasteiger partial charge on any atom is -0.398 e. The van der Waals surface area contributed by atoms with Crippen molar-refractivity contribution in [3.8, 4) is 0 Å². The fraction of sp³-hybridized carbons (Fsp3) is 0.556. The highest BCUT2D eigenvalue weighted by Gasteiger charge is 2.53. The van der Waals surface area contributed by atoms with Crippen LogP contribution in [0, 0.1) is 0 Å². The molecule has 0 aliphatic carbocycles. The van der Waals surface area contributed by atoms with Crippen molar-refractivity contribution in [3.63, 3.8) is 0 Å². The Morgan fingerprint density at radius 3 is 2.20 bits per heavy atom. The summed E-state index contributed by atoms with van der Waals surface area (Å²) in [6.45, 7) is 9.15. The molecule has 4 nitrogen and oxygen atoms in total. The van der Waals surface area contributed by atoms with E-state index >= 15 is 4.39 Å². The van der Waals surface area contributed by atoms with E-state index in [1.807, 2.05) is 56.9 Å². The molecular weight excluding hydrogens is 388 g/mol. The van der Waals surface area contributed by atoms with Gasteiger partial charge in [0.2, 0.25) is 0 Å². The van der Waals surface area contributed by atoms with Gasteiger partial charge in [0.15, 0.2) is 0 Å². The first-order valence-corrected chi connectivity index (χ1v) is 9.29. The zero-order valence-electron chi connectivity index (χ0n) is 15.1. The standard InChI is InChI=1S/C18H24BBrFNO3/c1-17(2)18(3,4)25-19(24-17)16(21)15(11-22-9-14(23)10-22)12-5-7-13(20)8-6-12/h5-8,14,23H,9-11H2,1-4H3. The first-order chi connectivity index (χ1) is 11.6. The normalized spacial score (nSPS) is 24.2. The molecule has 0 saturated carbocycles. The van der Waals surface area contributed by atoms with Crippen molar-refractivity contribution >= 4 is 28.6 Å². The van der Waals surface area contributed by atoms with Gasteiger partial charge in [-0.25, -0.2) is 4.39 Å². The van der Waals surface area contributed by atoms with Crippen molar-refractivity contribution < 1.29 is 18.8 Å². The number of aliphatic hydroxyl groups is 1. The van der Waals surface area contributed by atoms with Crippen LogP contribution in [0.2, 0.25) is 0 Å². The number of benzene rings is 1. The number of likely N-dealkylation sites (tertiary alicyclic amines) is 1. The molecule has 0 aromatic heterocycles. The van der Waals surface area contributed by atoms with Gasteiger partial charge in [-0.2, -0.15) is 0 Å². The van der Waals surface area contributed by atoms with Crippen molar-refractivity contribution in [2.24, 2.45) is 0 Å². The maximum atomic E-state index is 15.4. The summed E-state index contributed by atoms with van der Waals surface area (Å²) in [5.74, 6) is 0. The second-order valence-electron chi connectivity index (χ2n) is 7.77. The molecule has 0 atom stereocenters. The molecule has 1 aromatic carbocycles. The van der Waals surface area contributed by atoms with Crippen molar-refractivity contribution in [1.82, 2.24) is 4.90 Å². The summed E-state index contributed by atoms with van der Waals surface area (Å²) in [7, 11) is -1.02. The second-order valence-corrected chi connectivity index (χ2v) is 8.69. The predicted molar refractivity (Wildman–Crippen MR) is 101 cm³/mol. The average Bonchev–Trinajstić information content (AvgIpc) is 2.71. The van der Waals surface area contributed by atoms with Gasteiger partial charge in [0.05, 0.1) is 17.3 Å². The van der Waals surface area contributed by atoms with E-state index in [-0.39, 0.29) is 6.10 Å². The van der Waals surface area contributed by atoms with Crippen molar-refractivity contribution in [2.45, 2.75) is 45.0 Å². The van der Waals surface area contributed by atoms with Crippen LogP contribution in [-0.4, -0.2) is 54.1 Å². The molecule has 25 heavy (non-hydrogen) atoms. The van der Waals surface area contributed by atoms with Crippen LogP contribution in [0.15, 0.2) is 34.5 Å². The van der Waals surface area contributed by atoms with E-state index in [4.69, 9.17) is 9.31 Å². The number of hydrogen-bond donors (Lipinski definition) is 1. The Balaban J connectivity index is 1.92. The summed E-state index contributed by atoms with van der Waals surface area (Å²) >= 11 is 3.41. The van der Waals surface area contributed by atoms with Gasteiger partial charge >= 0.3 is 7.12 Å². The van der Waals surface area contributed by atoms with E-state index in [9.17, 15) is 5.11 Å². The van der Waals surface area contributed by atoms with Crippen LogP contribution < -0.4 is 0 Å². The summed E-state index contributed by atoms with van der Waals surface area (Å²) in [4.78, 5) is 2.01. The summed E-state index contributed by atoms with van der Waals surface area (Å²) in [6, 6.07) is 7.52. The summed E-state index contributed by atoms with van der Waals surface area (Å²) < 4.78 is 28.1. The maximum Gasteiger partial charge on any atom is 0.525 e. The Labute approximate surface area is 157 Å². The van der Waals surface area contributed by atoms with Gasteiger partial charge in [-0.15, -0.1) is 0 Å². The minimum absolute atomic E-state index is 0.328. The first kappa shape index (κ1) is 19.0. The Morgan fingerprint density at radius 1 is 1.20 bits per heavy atom. The molecule has 136 valence electrons. The molecule has 3 rings (SSSR count). The predicted octanol–water partition coefficient (Wildman–Crippen LogP) is 3.44. The molecule has 0 bridgehead atoms. The molecule has 1 aromatic rings. The van der Waals surface area contributed by atoms with Gasteiger partial charge < -0.3 is 14.4 Å². The molecule has 2 aliphatic heterocycles. The lowest BCUT2D eigenvalue weighted by molar-refractivity contribution is 0.00578. The molecule has 2 saturated heterocycles. The van der Waals surface area contributed by atoms with Crippen LogP contribution in [0.5, 0.6) is 0 Å². The molecule has 0 radical (unpaired) electrons. The van der Waals surface area contributed by atoms with Crippen LogP contribution in [-0.2, 0) is 9.31 Å². The first-order valence-electron chi connectivity index (χ1n) is 8.49. The Bertz CT molecular complexity index is 655. The highest BCUT2D eigenvalue weighted by atomic mass is 79.9. The van der Waals surface area contributed by atoms with Crippen LogP contribution in [0.1, 0.15) is 33.3 Å². The van der Waals surface area contributed by atoms with Gasteiger partial charge in [-0.1, -0.05) is 28.1 Å². The third-order valence-electron chi connectivity index (χ3n) is 5.26. The van der Waals surface area contributed by atoms with Crippen LogP contribution in [0.3, 0.4) is 0 Å². The lowest BCUT2D eigenvalue weighted by Gasteiger charge is -2.36. The second kappa shape index (κ2) is 6.78. The summed E-state index contributed by atoms with van der Waals surface area (Å²) in [5, 5.41) is 9.52. The van der Waals surface area contributed by atoms with Crippen LogP contribution >= 0.6 is 15.9 Å². The highest BCUT2D eigenvalue weighted by molar-refractivity contribution is 9.10. The molecule has 0 spiro atoms. The zero-order valence-corrected chi connectivity index (χ0v) is 16.6. The van der Waals surface area contributed by atoms with Crippen LogP contribution in [0.4, 0.5) is 4.39 Å². The Hall–Kier alpha value is -0.725. The number of halogens is 2. The van der Waals surface area contributed by atoms with Gasteiger partial charge in [0.25, 0.3) is 0 Å². The third-order valence-corrected chi connectivity index (χ3v) is 5.79. The molecular formula is C18H24BBrFNO3. The SMILES string of the molecule is CC1(C)OB(C(F)=C(CN2CC(O)C2)c2ccc(Br)cc2)OC1(C)C. The van der Waals surface area contributed by atoms with Crippen molar-refractivity contribution in [2.75, 3.05) is 19.6 Å². The average molecular weight is 412 g/mol. The fourth-order valence-corrected chi connectivity index (χ4v) is 3.20. The van der Waals surface area contributed by atoms with E-state index in [1.165, 1.54) is 0 Å². The number of β-amino-alcohol motifs (C(OH)–C–C–N with tert-alkyl or cyclic N) is 1. The van der Waals surface area contributed by atoms with E-state index < -0.39 is 24.0 Å². The van der Waals surface area contributed by atoms with Gasteiger partial charge in [-0.3, -0.25) is 4.90 Å². The Kier molecular flexibility index (Phi) is 5.16. The quantitative estimate of drug-likeness (QED) is 0.770. The van der Waals surface area contributed by atoms with Gasteiger partial charge in [-0.05, 0) is 45.4 Å². The van der Waals surface area contributed by atoms with Crippen LogP contribution in [0.25, 0.3) is 5.57 Å². The fourth-order valence-electron chi connectivity index (χ4n) is 2.94. The number of nitrogens with zero attached hydrogens (tertiary/aromatic N) is 1. The third kappa shape index (κ3) is 3.86. The smallest absolute Gasteiger partial charge is 0.398 e. The zero-order chi connectivity index (χ0) is 18.4. The molecule has 2 heterocycles. The largest absolute Gasteiger partial charge is 0.525 e. The lowest BCUT2D eigenvalue weighted by atomic mass is 9.82. The van der Waals surface area contributed by atoms with E-state index in [2.05, 4.69) is 15.9 Å². The van der Waals surface area contributed by atoms with Crippen molar-refractivity contribution in [1.29, 1.82) is 0 Å². The number of rotatable bonds is 4. The van der Waals surface area contributed by atoms with Crippen molar-refractivity contribution in [3.05, 3.63) is 40.0 Å². The molecule has 2 fully saturated rings. The van der Waals surface area contributed by atoms with Gasteiger partial charge in [0, 0.05) is 29.7 Å². The van der Waals surface area contributed by atoms with Gasteiger partial charge in [0.1, 0.15) is 5.73 Å². The molecule has 7 heteroatoms. The van der Waals surface area contributed by atoms with E-state index in [1.54, 1.807) is 0 Å². The molecule has 0 unspecified atom stereocenters. The molecule has 2 aliphatic rings. The number of hydrogen-bond acceptors (Lipinski definition) is 4. The highest BCUT2D eigenvalue weighted by Crippen LogP contribution is 2.40. The molecule has 1 N–H and O–H groups in total. The topological polar surface area (TPSA) is 41.9 Å². The lowest BCUT2D eigenvalue weighted by Crippen LogP contribution is -2.51. The summed E-state index contributed by atoms with van der Waals surface area (Å²) in [5.41, 5.74) is -0.253. The monoisotopic (exact) mass is 411 g/mol. The van der Waals surface area contributed by atoms with E-state index in [0.29, 0.717) is 25.2 Å². The Morgan fingerprint density at radius 2 is 1.72 bits per heavy atom. The minimum atomic E-state index is -1.02. The maximum absolute atomic E-state index is 15.4. The summed E-state index contributed by atoms with van der Waals surface area (Å²) in [6.07, 6.45) is -0.328. The van der Waals surface area contributed by atoms with E-state index in [0.717, 1.165) is 10.0 Å². The number of aliphatic hydroxyl groups excluding tert-OH is 1.